The molecular formula is C17H20O3S. The van der Waals surface area contributed by atoms with Crippen LogP contribution >= 0.6 is 11.3 Å². The third-order valence-electron chi connectivity index (χ3n) is 3.15. The summed E-state index contributed by atoms with van der Waals surface area (Å²) in [5, 5.41) is 11.0. The van der Waals surface area contributed by atoms with Crippen molar-refractivity contribution >= 4 is 23.1 Å². The van der Waals surface area contributed by atoms with Crippen LogP contribution in [0.15, 0.2) is 41.8 Å². The van der Waals surface area contributed by atoms with Gasteiger partial charge in [0, 0.05) is 5.56 Å². The van der Waals surface area contributed by atoms with Gasteiger partial charge in [0.2, 0.25) is 5.78 Å². The van der Waals surface area contributed by atoms with Gasteiger partial charge in [-0.15, -0.1) is 11.3 Å². The third kappa shape index (κ3) is 3.79. The van der Waals surface area contributed by atoms with E-state index in [4.69, 9.17) is 5.11 Å². The van der Waals surface area contributed by atoms with Gasteiger partial charge in [-0.2, -0.15) is 0 Å². The molecule has 3 nitrogen and oxygen atoms in total. The van der Waals surface area contributed by atoms with Crippen LogP contribution < -0.4 is 0 Å². The zero-order chi connectivity index (χ0) is 16.0. The molecule has 0 bridgehead atoms. The van der Waals surface area contributed by atoms with Gasteiger partial charge < -0.3 is 5.11 Å². The highest BCUT2D eigenvalue weighted by Crippen LogP contribution is 2.24. The summed E-state index contributed by atoms with van der Waals surface area (Å²) < 4.78 is 0. The second-order valence-corrected chi connectivity index (χ2v) is 5.76. The first-order valence-electron chi connectivity index (χ1n) is 6.85. The van der Waals surface area contributed by atoms with Crippen molar-refractivity contribution in [2.24, 2.45) is 0 Å². The maximum absolute atomic E-state index is 12.1. The third-order valence-corrected chi connectivity index (χ3v) is 4.02. The highest BCUT2D eigenvalue weighted by molar-refractivity contribution is 7.12. The molecule has 112 valence electrons. The molecule has 1 aromatic heterocycles. The normalized spacial score (nSPS) is 10.5. The Kier molecular flexibility index (Phi) is 5.85. The molecule has 0 spiro atoms. The van der Waals surface area contributed by atoms with Gasteiger partial charge in [-0.1, -0.05) is 44.2 Å². The number of aliphatic carboxylic acids is 1. The van der Waals surface area contributed by atoms with Gasteiger partial charge in [-0.3, -0.25) is 9.59 Å². The topological polar surface area (TPSA) is 54.4 Å². The van der Waals surface area contributed by atoms with Crippen LogP contribution in [-0.4, -0.2) is 16.9 Å². The number of thiophene rings is 1. The monoisotopic (exact) mass is 304 g/mol. The minimum atomic E-state index is -0.954. The van der Waals surface area contributed by atoms with Crippen molar-refractivity contribution in [1.82, 2.24) is 0 Å². The Bertz CT molecular complexity index is 595. The largest absolute Gasteiger partial charge is 0.481 e. The number of carbonyl (C=O) groups is 2. The van der Waals surface area contributed by atoms with Gasteiger partial charge >= 0.3 is 5.97 Å². The number of hydrogen-bond acceptors (Lipinski definition) is 3. The van der Waals surface area contributed by atoms with Gasteiger partial charge in [0.1, 0.15) is 0 Å². The van der Waals surface area contributed by atoms with Crippen molar-refractivity contribution in [2.75, 3.05) is 0 Å². The van der Waals surface area contributed by atoms with Crippen LogP contribution in [0.2, 0.25) is 0 Å². The maximum Gasteiger partial charge on any atom is 0.313 e. The Balaban J connectivity index is 0.00000106. The van der Waals surface area contributed by atoms with E-state index in [9.17, 15) is 9.59 Å². The van der Waals surface area contributed by atoms with E-state index in [2.05, 4.69) is 0 Å². The summed E-state index contributed by atoms with van der Waals surface area (Å²) in [6.07, 6.45) is 0. The fraction of sp³-hybridized carbons (Fsp3) is 0.294. The van der Waals surface area contributed by atoms with Crippen LogP contribution in [0.1, 0.15) is 48.5 Å². The Morgan fingerprint density at radius 3 is 2.05 bits per heavy atom. The number of carbonyl (C=O) groups excluding carboxylic acids is 1. The Hall–Kier alpha value is -1.94. The maximum atomic E-state index is 12.1. The lowest BCUT2D eigenvalue weighted by Crippen LogP contribution is -2.28. The first kappa shape index (κ1) is 17.1. The van der Waals surface area contributed by atoms with Crippen LogP contribution in [0.3, 0.4) is 0 Å². The van der Waals surface area contributed by atoms with Gasteiger partial charge in [-0.05, 0) is 30.9 Å². The highest BCUT2D eigenvalue weighted by Gasteiger charge is 2.29. The minimum Gasteiger partial charge on any atom is -0.481 e. The lowest BCUT2D eigenvalue weighted by atomic mass is 9.84. The minimum absolute atomic E-state index is 0.0327. The SMILES string of the molecule is CC.CC(C)(C(=O)O)c1ccc(C(=O)c2cccs2)cc1. The summed E-state index contributed by atoms with van der Waals surface area (Å²) in [4.78, 5) is 23.9. The fourth-order valence-electron chi connectivity index (χ4n) is 1.71. The van der Waals surface area contributed by atoms with Crippen LogP contribution in [0, 0.1) is 0 Å². The Morgan fingerprint density at radius 1 is 1.05 bits per heavy atom. The summed E-state index contributed by atoms with van der Waals surface area (Å²) in [6.45, 7) is 7.29. The van der Waals surface area contributed by atoms with Crippen molar-refractivity contribution in [3.63, 3.8) is 0 Å². The molecule has 0 saturated heterocycles. The van der Waals surface area contributed by atoms with Crippen LogP contribution in [0.4, 0.5) is 0 Å². The first-order valence-corrected chi connectivity index (χ1v) is 7.73. The molecule has 0 amide bonds. The van der Waals surface area contributed by atoms with Gasteiger partial charge in [0.25, 0.3) is 0 Å². The van der Waals surface area contributed by atoms with E-state index < -0.39 is 11.4 Å². The molecule has 0 atom stereocenters. The standard InChI is InChI=1S/C15H14O3S.C2H6/c1-15(2,14(17)18)11-7-5-10(6-8-11)13(16)12-4-3-9-19-12;1-2/h3-9H,1-2H3,(H,17,18);1-2H3. The predicted molar refractivity (Wildman–Crippen MR) is 86.2 cm³/mol. The van der Waals surface area contributed by atoms with Crippen molar-refractivity contribution in [3.05, 3.63) is 57.8 Å². The molecule has 4 heteroatoms. The average Bonchev–Trinajstić information content (AvgIpc) is 3.03. The van der Waals surface area contributed by atoms with Crippen molar-refractivity contribution < 1.29 is 14.7 Å². The molecule has 0 aliphatic heterocycles. The van der Waals surface area contributed by atoms with E-state index in [1.54, 1.807) is 44.2 Å². The van der Waals surface area contributed by atoms with Crippen molar-refractivity contribution in [2.45, 2.75) is 33.1 Å². The number of benzene rings is 1. The predicted octanol–water partition coefficient (Wildman–Crippen LogP) is 4.37. The lowest BCUT2D eigenvalue weighted by molar-refractivity contribution is -0.142. The molecule has 2 aromatic rings. The number of hydrogen-bond donors (Lipinski definition) is 1. The second-order valence-electron chi connectivity index (χ2n) is 4.81. The van der Waals surface area contributed by atoms with Crippen LogP contribution in [-0.2, 0) is 10.2 Å². The van der Waals surface area contributed by atoms with Gasteiger partial charge in [-0.25, -0.2) is 0 Å². The fourth-order valence-corrected chi connectivity index (χ4v) is 2.40. The van der Waals surface area contributed by atoms with E-state index in [0.29, 0.717) is 16.0 Å². The zero-order valence-corrected chi connectivity index (χ0v) is 13.5. The molecule has 1 heterocycles. The zero-order valence-electron chi connectivity index (χ0n) is 12.7. The number of carboxylic acids is 1. The van der Waals surface area contributed by atoms with E-state index in [1.807, 2.05) is 25.3 Å². The average molecular weight is 304 g/mol. The molecule has 0 aliphatic rings. The molecule has 1 aromatic carbocycles. The number of ketones is 1. The van der Waals surface area contributed by atoms with Crippen molar-refractivity contribution in [3.8, 4) is 0 Å². The molecule has 0 fully saturated rings. The Morgan fingerprint density at radius 2 is 1.62 bits per heavy atom. The quantitative estimate of drug-likeness (QED) is 0.853. The van der Waals surface area contributed by atoms with Gasteiger partial charge in [0.15, 0.2) is 0 Å². The summed E-state index contributed by atoms with van der Waals surface area (Å²) in [7, 11) is 0. The second kappa shape index (κ2) is 7.18. The smallest absolute Gasteiger partial charge is 0.313 e. The summed E-state index contributed by atoms with van der Waals surface area (Å²) in [5.41, 5.74) is 0.306. The number of rotatable bonds is 4. The Labute approximate surface area is 129 Å². The molecule has 21 heavy (non-hydrogen) atoms. The summed E-state index contributed by atoms with van der Waals surface area (Å²) >= 11 is 1.40. The molecule has 2 rings (SSSR count). The molecule has 0 aliphatic carbocycles. The van der Waals surface area contributed by atoms with Crippen molar-refractivity contribution in [1.29, 1.82) is 0 Å². The van der Waals surface area contributed by atoms with E-state index in [0.717, 1.165) is 0 Å². The molecule has 0 radical (unpaired) electrons. The van der Waals surface area contributed by atoms with E-state index in [-0.39, 0.29) is 5.78 Å². The van der Waals surface area contributed by atoms with Gasteiger partial charge in [0.05, 0.1) is 10.3 Å². The number of carboxylic acid groups (broad SMARTS) is 1. The lowest BCUT2D eigenvalue weighted by Gasteiger charge is -2.19. The first-order chi connectivity index (χ1) is 9.93. The molecule has 0 saturated carbocycles. The summed E-state index contributed by atoms with van der Waals surface area (Å²) in [6, 6.07) is 10.4. The van der Waals surface area contributed by atoms with Crippen LogP contribution in [0.25, 0.3) is 0 Å². The van der Waals surface area contributed by atoms with E-state index >= 15 is 0 Å². The molecule has 1 N–H and O–H groups in total. The molecule has 0 unspecified atom stereocenters. The van der Waals surface area contributed by atoms with Crippen LogP contribution in [0.5, 0.6) is 0 Å². The summed E-state index contributed by atoms with van der Waals surface area (Å²) in [5.74, 6) is -0.917. The van der Waals surface area contributed by atoms with E-state index in [1.165, 1.54) is 11.3 Å². The highest BCUT2D eigenvalue weighted by atomic mass is 32.1. The molecular weight excluding hydrogens is 284 g/mol.